The number of H-pyrrole nitrogens is 2. The van der Waals surface area contributed by atoms with Gasteiger partial charge in [0, 0.05) is 51.4 Å². The number of fused-ring (bicyclic) bond motifs is 1. The summed E-state index contributed by atoms with van der Waals surface area (Å²) in [6.45, 7) is 16.5. The molecule has 0 aliphatic heterocycles. The van der Waals surface area contributed by atoms with Crippen molar-refractivity contribution in [3.05, 3.63) is 115 Å². The zero-order valence-electron chi connectivity index (χ0n) is 23.3. The maximum absolute atomic E-state index is 14.7. The van der Waals surface area contributed by atoms with E-state index >= 15 is 0 Å². The third-order valence-corrected chi connectivity index (χ3v) is 6.56. The fourth-order valence-corrected chi connectivity index (χ4v) is 4.91. The highest BCUT2D eigenvalue weighted by atomic mass is 19.1. The van der Waals surface area contributed by atoms with E-state index in [-0.39, 0.29) is 11.2 Å². The smallest absolute Gasteiger partial charge is 0.155 e. The van der Waals surface area contributed by atoms with Crippen LogP contribution in [0.1, 0.15) is 44.0 Å². The highest BCUT2D eigenvalue weighted by molar-refractivity contribution is 5.94. The molecule has 1 aromatic carbocycles. The summed E-state index contributed by atoms with van der Waals surface area (Å²) in [5.41, 5.74) is 9.01. The van der Waals surface area contributed by atoms with Crippen molar-refractivity contribution < 1.29 is 4.39 Å². The number of aromatic amines is 2. The van der Waals surface area contributed by atoms with Crippen LogP contribution in [0.4, 0.5) is 10.1 Å². The van der Waals surface area contributed by atoms with Crippen LogP contribution in [0.15, 0.2) is 92.1 Å². The van der Waals surface area contributed by atoms with Gasteiger partial charge in [0.2, 0.25) is 0 Å². The van der Waals surface area contributed by atoms with E-state index in [1.165, 1.54) is 6.07 Å². The molecule has 40 heavy (non-hydrogen) atoms. The SMILES string of the molecule is C=C/C=C(/c1ccccc1F)c1cc(-c2n[nH]c3ncc(-c4cncc(NC(=C)CC(C)(C)C)c4)cc23)[nH]c1C. The lowest BCUT2D eigenvalue weighted by Crippen LogP contribution is -2.10. The van der Waals surface area contributed by atoms with Crippen LogP contribution >= 0.6 is 0 Å². The van der Waals surface area contributed by atoms with E-state index in [4.69, 9.17) is 0 Å². The molecular formula is C33H33FN6. The van der Waals surface area contributed by atoms with Crippen LogP contribution in [0.3, 0.4) is 0 Å². The van der Waals surface area contributed by atoms with Crippen LogP contribution in [-0.4, -0.2) is 25.1 Å². The van der Waals surface area contributed by atoms with Crippen LogP contribution in [0, 0.1) is 18.2 Å². The molecule has 5 rings (SSSR count). The molecule has 0 bridgehead atoms. The van der Waals surface area contributed by atoms with E-state index in [0.29, 0.717) is 11.2 Å². The van der Waals surface area contributed by atoms with E-state index in [2.05, 4.69) is 70.5 Å². The number of nitrogens with zero attached hydrogens (tertiary/aromatic N) is 3. The van der Waals surface area contributed by atoms with E-state index in [1.807, 2.05) is 43.6 Å². The monoisotopic (exact) mass is 532 g/mol. The minimum atomic E-state index is -0.288. The summed E-state index contributed by atoms with van der Waals surface area (Å²) in [4.78, 5) is 12.5. The van der Waals surface area contributed by atoms with E-state index in [0.717, 1.165) is 62.5 Å². The summed E-state index contributed by atoms with van der Waals surface area (Å²) in [5.74, 6) is -0.288. The average molecular weight is 533 g/mol. The molecular weight excluding hydrogens is 499 g/mol. The van der Waals surface area contributed by atoms with Crippen molar-refractivity contribution >= 4 is 22.3 Å². The molecule has 202 valence electrons. The second-order valence-electron chi connectivity index (χ2n) is 11.1. The van der Waals surface area contributed by atoms with Gasteiger partial charge in [0.15, 0.2) is 5.65 Å². The number of rotatable bonds is 8. The molecule has 0 atom stereocenters. The molecule has 4 aromatic heterocycles. The van der Waals surface area contributed by atoms with Gasteiger partial charge in [-0.15, -0.1) is 0 Å². The van der Waals surface area contributed by atoms with Gasteiger partial charge < -0.3 is 10.3 Å². The van der Waals surface area contributed by atoms with Crippen molar-refractivity contribution in [2.24, 2.45) is 5.41 Å². The first-order chi connectivity index (χ1) is 19.1. The quantitative estimate of drug-likeness (QED) is 0.175. The van der Waals surface area contributed by atoms with Crippen molar-refractivity contribution in [2.75, 3.05) is 5.32 Å². The molecule has 0 saturated carbocycles. The Bertz CT molecular complexity index is 1750. The van der Waals surface area contributed by atoms with E-state index < -0.39 is 0 Å². The first-order valence-corrected chi connectivity index (χ1v) is 13.2. The lowest BCUT2D eigenvalue weighted by molar-refractivity contribution is 0.411. The Morgan fingerprint density at radius 2 is 1.82 bits per heavy atom. The molecule has 6 nitrogen and oxygen atoms in total. The van der Waals surface area contributed by atoms with Gasteiger partial charge in [0.1, 0.15) is 11.5 Å². The van der Waals surface area contributed by atoms with Gasteiger partial charge in [0.05, 0.1) is 17.6 Å². The number of halogens is 1. The van der Waals surface area contributed by atoms with Gasteiger partial charge in [-0.2, -0.15) is 5.10 Å². The fourth-order valence-electron chi connectivity index (χ4n) is 4.91. The lowest BCUT2D eigenvalue weighted by atomic mass is 9.91. The second kappa shape index (κ2) is 10.8. The second-order valence-corrected chi connectivity index (χ2v) is 11.1. The zero-order chi connectivity index (χ0) is 28.4. The Balaban J connectivity index is 1.50. The molecule has 0 saturated heterocycles. The summed E-state index contributed by atoms with van der Waals surface area (Å²) in [5, 5.41) is 11.9. The summed E-state index contributed by atoms with van der Waals surface area (Å²) in [6.07, 6.45) is 9.76. The Morgan fingerprint density at radius 3 is 2.58 bits per heavy atom. The van der Waals surface area contributed by atoms with Gasteiger partial charge >= 0.3 is 0 Å². The van der Waals surface area contributed by atoms with Crippen LogP contribution < -0.4 is 5.32 Å². The summed E-state index contributed by atoms with van der Waals surface area (Å²) >= 11 is 0. The number of anilines is 1. The van der Waals surface area contributed by atoms with Crippen LogP contribution in [0.5, 0.6) is 0 Å². The predicted molar refractivity (Wildman–Crippen MR) is 162 cm³/mol. The Kier molecular flexibility index (Phi) is 7.22. The molecule has 0 spiro atoms. The minimum Gasteiger partial charge on any atom is -0.358 e. The lowest BCUT2D eigenvalue weighted by Gasteiger charge is -2.20. The molecule has 0 unspecified atom stereocenters. The summed E-state index contributed by atoms with van der Waals surface area (Å²) in [6, 6.07) is 12.8. The number of nitrogens with one attached hydrogen (secondary N) is 3. The zero-order valence-corrected chi connectivity index (χ0v) is 23.3. The molecule has 0 aliphatic rings. The third kappa shape index (κ3) is 5.64. The van der Waals surface area contributed by atoms with Crippen molar-refractivity contribution in [2.45, 2.75) is 34.1 Å². The highest BCUT2D eigenvalue weighted by Gasteiger charge is 2.18. The van der Waals surface area contributed by atoms with Crippen molar-refractivity contribution in [1.29, 1.82) is 0 Å². The van der Waals surface area contributed by atoms with Crippen LogP contribution in [-0.2, 0) is 0 Å². The maximum Gasteiger partial charge on any atom is 0.155 e. The fraction of sp³-hybridized carbons (Fsp3) is 0.182. The van der Waals surface area contributed by atoms with Crippen LogP contribution in [0.2, 0.25) is 0 Å². The molecule has 7 heteroatoms. The maximum atomic E-state index is 14.7. The summed E-state index contributed by atoms with van der Waals surface area (Å²) in [7, 11) is 0. The van der Waals surface area contributed by atoms with Crippen molar-refractivity contribution in [1.82, 2.24) is 25.1 Å². The molecule has 4 heterocycles. The summed E-state index contributed by atoms with van der Waals surface area (Å²) < 4.78 is 14.7. The minimum absolute atomic E-state index is 0.134. The number of aryl methyl sites for hydroxylation is 1. The van der Waals surface area contributed by atoms with Crippen LogP contribution in [0.25, 0.3) is 39.1 Å². The number of hydrogen-bond acceptors (Lipinski definition) is 4. The molecule has 0 fully saturated rings. The van der Waals surface area contributed by atoms with Gasteiger partial charge in [-0.1, -0.05) is 64.3 Å². The first kappa shape index (κ1) is 26.8. The Hall–Kier alpha value is -4.78. The van der Waals surface area contributed by atoms with E-state index in [9.17, 15) is 4.39 Å². The average Bonchev–Trinajstić information content (AvgIpc) is 3.49. The normalized spacial score (nSPS) is 12.1. The Morgan fingerprint density at radius 1 is 1.05 bits per heavy atom. The molecule has 3 N–H and O–H groups in total. The predicted octanol–water partition coefficient (Wildman–Crippen LogP) is 8.44. The Labute approximate surface area is 233 Å². The van der Waals surface area contributed by atoms with Crippen molar-refractivity contribution in [3.8, 4) is 22.5 Å². The van der Waals surface area contributed by atoms with Crippen molar-refractivity contribution in [3.63, 3.8) is 0 Å². The number of pyridine rings is 2. The van der Waals surface area contributed by atoms with Gasteiger partial charge in [-0.3, -0.25) is 10.1 Å². The molecule has 5 aromatic rings. The standard InChI is InChI=1S/C33H33FN6/c1-7-10-25(26-11-8-9-12-29(26)34)27-15-30(38-21(27)3)31-28-14-23(18-36-32(28)40-39-31)22-13-24(19-35-17-22)37-20(2)16-33(4,5)6/h7-15,17-19,37-38H,1-2,16H2,3-6H3,(H,36,39,40)/b25-10-. The first-order valence-electron chi connectivity index (χ1n) is 13.2. The molecule has 0 aliphatic carbocycles. The molecule has 0 radical (unpaired) electrons. The van der Waals surface area contributed by atoms with Gasteiger partial charge in [0.25, 0.3) is 0 Å². The third-order valence-electron chi connectivity index (χ3n) is 6.56. The number of aromatic nitrogens is 5. The topological polar surface area (TPSA) is 82.3 Å². The highest BCUT2D eigenvalue weighted by Crippen LogP contribution is 2.35. The van der Waals surface area contributed by atoms with Gasteiger partial charge in [-0.05, 0) is 48.6 Å². The number of hydrogen-bond donors (Lipinski definition) is 3. The van der Waals surface area contributed by atoms with E-state index in [1.54, 1.807) is 24.4 Å². The molecule has 0 amide bonds. The largest absolute Gasteiger partial charge is 0.358 e. The number of allylic oxidation sites excluding steroid dienone is 3. The number of benzene rings is 1. The van der Waals surface area contributed by atoms with Gasteiger partial charge in [-0.25, -0.2) is 9.37 Å².